The first kappa shape index (κ1) is 14.8. The van der Waals surface area contributed by atoms with Crippen LogP contribution in [0.15, 0.2) is 48.5 Å². The highest BCUT2D eigenvalue weighted by molar-refractivity contribution is 6.15. The molecule has 6 nitrogen and oxygen atoms in total. The van der Waals surface area contributed by atoms with E-state index in [-0.39, 0.29) is 23.9 Å². The molecule has 0 saturated carbocycles. The zero-order chi connectivity index (χ0) is 16.4. The number of carbonyl (C=O) groups excluding carboxylic acids is 3. The molecule has 1 heterocycles. The third-order valence-corrected chi connectivity index (χ3v) is 3.55. The van der Waals surface area contributed by atoms with Gasteiger partial charge in [-0.2, -0.15) is 0 Å². The summed E-state index contributed by atoms with van der Waals surface area (Å²) in [5, 5.41) is 2.73. The first-order valence-corrected chi connectivity index (χ1v) is 6.99. The summed E-state index contributed by atoms with van der Waals surface area (Å²) in [7, 11) is 1.28. The Morgan fingerprint density at radius 2 is 1.83 bits per heavy atom. The second-order valence-electron chi connectivity index (χ2n) is 5.03. The molecule has 0 unspecified atom stereocenters. The Hall–Kier alpha value is -3.15. The molecule has 23 heavy (non-hydrogen) atoms. The second-order valence-corrected chi connectivity index (χ2v) is 5.03. The van der Waals surface area contributed by atoms with Crippen LogP contribution in [0.5, 0.6) is 0 Å². The van der Waals surface area contributed by atoms with Gasteiger partial charge in [0.05, 0.1) is 24.0 Å². The summed E-state index contributed by atoms with van der Waals surface area (Å²) in [6.07, 6.45) is 0. The summed E-state index contributed by atoms with van der Waals surface area (Å²) in [6.45, 7) is -0.0711. The summed E-state index contributed by atoms with van der Waals surface area (Å²) < 4.78 is 4.66. The molecular weight excluding hydrogens is 296 g/mol. The fraction of sp³-hybridized carbons (Fsp3) is 0.118. The topological polar surface area (TPSA) is 75.7 Å². The van der Waals surface area contributed by atoms with Gasteiger partial charge in [0.2, 0.25) is 5.91 Å². The van der Waals surface area contributed by atoms with Crippen molar-refractivity contribution >= 4 is 29.2 Å². The zero-order valence-electron chi connectivity index (χ0n) is 12.4. The van der Waals surface area contributed by atoms with Crippen molar-refractivity contribution in [1.82, 2.24) is 0 Å². The molecule has 3 rings (SSSR count). The van der Waals surface area contributed by atoms with Crippen molar-refractivity contribution in [2.45, 2.75) is 0 Å². The normalized spacial score (nSPS) is 13.1. The molecule has 6 heteroatoms. The molecule has 0 bridgehead atoms. The molecule has 1 aliphatic heterocycles. The van der Waals surface area contributed by atoms with E-state index in [1.54, 1.807) is 42.5 Å². The maximum atomic E-state index is 12.8. The fourth-order valence-corrected chi connectivity index (χ4v) is 2.47. The summed E-state index contributed by atoms with van der Waals surface area (Å²) in [6, 6.07) is 13.3. The van der Waals surface area contributed by atoms with Gasteiger partial charge in [0.1, 0.15) is 6.54 Å². The number of para-hydroxylation sites is 2. The van der Waals surface area contributed by atoms with E-state index in [2.05, 4.69) is 10.1 Å². The van der Waals surface area contributed by atoms with E-state index in [1.165, 1.54) is 18.1 Å². The molecule has 2 amide bonds. The predicted molar refractivity (Wildman–Crippen MR) is 84.5 cm³/mol. The minimum absolute atomic E-state index is 0.0711. The molecule has 1 N–H and O–H groups in total. The van der Waals surface area contributed by atoms with Gasteiger partial charge in [0.25, 0.3) is 5.91 Å². The molecule has 0 aromatic heterocycles. The van der Waals surface area contributed by atoms with Crippen LogP contribution in [0.25, 0.3) is 0 Å². The van der Waals surface area contributed by atoms with Gasteiger partial charge in [0.15, 0.2) is 0 Å². The highest BCUT2D eigenvalue weighted by Crippen LogP contribution is 2.30. The van der Waals surface area contributed by atoms with Crippen LogP contribution >= 0.6 is 0 Å². The summed E-state index contributed by atoms with van der Waals surface area (Å²) in [4.78, 5) is 37.6. The number of esters is 1. The maximum absolute atomic E-state index is 12.8. The van der Waals surface area contributed by atoms with E-state index in [0.29, 0.717) is 16.9 Å². The van der Waals surface area contributed by atoms with Crippen LogP contribution in [0.4, 0.5) is 11.4 Å². The second kappa shape index (κ2) is 5.92. The average molecular weight is 310 g/mol. The lowest BCUT2D eigenvalue weighted by Gasteiger charge is -2.29. The molecule has 1 aliphatic rings. The predicted octanol–water partition coefficient (Wildman–Crippen LogP) is 2.07. The van der Waals surface area contributed by atoms with E-state index in [1.807, 2.05) is 0 Å². The van der Waals surface area contributed by atoms with Crippen LogP contribution in [0, 0.1) is 0 Å². The van der Waals surface area contributed by atoms with Crippen LogP contribution in [0.2, 0.25) is 0 Å². The van der Waals surface area contributed by atoms with Crippen molar-refractivity contribution in [3.63, 3.8) is 0 Å². The van der Waals surface area contributed by atoms with Gasteiger partial charge in [-0.15, -0.1) is 0 Å². The van der Waals surface area contributed by atoms with Crippen LogP contribution < -0.4 is 10.2 Å². The Labute approximate surface area is 132 Å². The average Bonchev–Trinajstić information content (AvgIpc) is 2.59. The van der Waals surface area contributed by atoms with Crippen LogP contribution in [0.3, 0.4) is 0 Å². The minimum Gasteiger partial charge on any atom is -0.465 e. The third kappa shape index (κ3) is 2.78. The molecule has 0 radical (unpaired) electrons. The lowest BCUT2D eigenvalue weighted by atomic mass is 10.1. The minimum atomic E-state index is -0.517. The summed E-state index contributed by atoms with van der Waals surface area (Å²) in [5.41, 5.74) is 1.81. The van der Waals surface area contributed by atoms with Crippen molar-refractivity contribution in [2.75, 3.05) is 23.9 Å². The first-order valence-electron chi connectivity index (χ1n) is 6.99. The lowest BCUT2D eigenvalue weighted by Crippen LogP contribution is -2.42. The molecule has 0 atom stereocenters. The monoisotopic (exact) mass is 310 g/mol. The van der Waals surface area contributed by atoms with Gasteiger partial charge < -0.3 is 10.1 Å². The number of nitrogens with one attached hydrogen (secondary N) is 1. The van der Waals surface area contributed by atoms with Crippen molar-refractivity contribution < 1.29 is 19.1 Å². The standard InChI is InChI=1S/C17H14N2O4/c1-23-17(22)12-6-4-5-11(9-12)16(21)19-10-15(20)18-13-7-2-3-8-14(13)19/h2-9H,10H2,1H3,(H,18,20). The molecule has 2 aromatic rings. The first-order chi connectivity index (χ1) is 11.1. The Morgan fingerprint density at radius 1 is 1.09 bits per heavy atom. The Balaban J connectivity index is 1.98. The van der Waals surface area contributed by atoms with E-state index in [9.17, 15) is 14.4 Å². The van der Waals surface area contributed by atoms with Crippen molar-refractivity contribution in [3.8, 4) is 0 Å². The van der Waals surface area contributed by atoms with Crippen LogP contribution in [-0.2, 0) is 9.53 Å². The maximum Gasteiger partial charge on any atom is 0.337 e. The number of methoxy groups -OCH3 is 1. The fourth-order valence-electron chi connectivity index (χ4n) is 2.47. The van der Waals surface area contributed by atoms with Gasteiger partial charge in [-0.05, 0) is 30.3 Å². The van der Waals surface area contributed by atoms with E-state index in [0.717, 1.165) is 0 Å². The molecule has 0 saturated heterocycles. The summed E-state index contributed by atoms with van der Waals surface area (Å²) >= 11 is 0. The number of rotatable bonds is 2. The van der Waals surface area contributed by atoms with Gasteiger partial charge in [-0.25, -0.2) is 4.79 Å². The molecule has 0 aliphatic carbocycles. The van der Waals surface area contributed by atoms with Crippen molar-refractivity contribution in [1.29, 1.82) is 0 Å². The van der Waals surface area contributed by atoms with Crippen molar-refractivity contribution in [3.05, 3.63) is 59.7 Å². The molecule has 0 spiro atoms. The molecule has 2 aromatic carbocycles. The number of carbonyl (C=O) groups is 3. The van der Waals surface area contributed by atoms with Gasteiger partial charge >= 0.3 is 5.97 Å². The molecule has 0 fully saturated rings. The number of nitrogens with zero attached hydrogens (tertiary/aromatic N) is 1. The molecule has 116 valence electrons. The quantitative estimate of drug-likeness (QED) is 0.862. The Bertz CT molecular complexity index is 801. The van der Waals surface area contributed by atoms with E-state index >= 15 is 0 Å². The van der Waals surface area contributed by atoms with Crippen molar-refractivity contribution in [2.24, 2.45) is 0 Å². The number of hydrogen-bond acceptors (Lipinski definition) is 4. The van der Waals surface area contributed by atoms with Gasteiger partial charge in [0, 0.05) is 5.56 Å². The number of benzene rings is 2. The van der Waals surface area contributed by atoms with Gasteiger partial charge in [-0.1, -0.05) is 18.2 Å². The van der Waals surface area contributed by atoms with E-state index in [4.69, 9.17) is 0 Å². The SMILES string of the molecule is COC(=O)c1cccc(C(=O)N2CC(=O)Nc3ccccc32)c1. The van der Waals surface area contributed by atoms with Crippen LogP contribution in [-0.4, -0.2) is 31.4 Å². The van der Waals surface area contributed by atoms with Gasteiger partial charge in [-0.3, -0.25) is 14.5 Å². The molecular formula is C17H14N2O4. The Kier molecular flexibility index (Phi) is 3.80. The lowest BCUT2D eigenvalue weighted by molar-refractivity contribution is -0.115. The number of amides is 2. The van der Waals surface area contributed by atoms with Crippen LogP contribution in [0.1, 0.15) is 20.7 Å². The number of hydrogen-bond donors (Lipinski definition) is 1. The number of ether oxygens (including phenoxy) is 1. The summed E-state index contributed by atoms with van der Waals surface area (Å²) in [5.74, 6) is -1.13. The third-order valence-electron chi connectivity index (χ3n) is 3.55. The Morgan fingerprint density at radius 3 is 2.61 bits per heavy atom. The highest BCUT2D eigenvalue weighted by Gasteiger charge is 2.27. The van der Waals surface area contributed by atoms with E-state index < -0.39 is 5.97 Å². The number of fused-ring (bicyclic) bond motifs is 1. The largest absolute Gasteiger partial charge is 0.465 e. The zero-order valence-corrected chi connectivity index (χ0v) is 12.4. The highest BCUT2D eigenvalue weighted by atomic mass is 16.5. The number of anilines is 2. The smallest absolute Gasteiger partial charge is 0.337 e.